The summed E-state index contributed by atoms with van der Waals surface area (Å²) < 4.78 is 10.7. The fourth-order valence-electron chi connectivity index (χ4n) is 3.87. The molecule has 0 unspecified atom stereocenters. The van der Waals surface area contributed by atoms with Crippen molar-refractivity contribution in [1.29, 1.82) is 0 Å². The number of piperidine rings is 1. The number of amides is 1. The molecule has 1 aliphatic rings. The van der Waals surface area contributed by atoms with Gasteiger partial charge in [-0.05, 0) is 42.7 Å². The smallest absolute Gasteiger partial charge is 0.224 e. The third kappa shape index (κ3) is 4.57. The second-order valence-electron chi connectivity index (χ2n) is 7.11. The van der Waals surface area contributed by atoms with Crippen LogP contribution in [0.1, 0.15) is 25.3 Å². The Kier molecular flexibility index (Phi) is 6.41. The van der Waals surface area contributed by atoms with Crippen LogP contribution in [0.15, 0.2) is 42.5 Å². The molecule has 150 valence electrons. The molecule has 0 aliphatic carbocycles. The molecule has 0 saturated carbocycles. The van der Waals surface area contributed by atoms with Crippen molar-refractivity contribution in [2.75, 3.05) is 32.2 Å². The molecule has 1 saturated heterocycles. The Labute approximate surface area is 166 Å². The Morgan fingerprint density at radius 2 is 1.82 bits per heavy atom. The lowest BCUT2D eigenvalue weighted by Crippen LogP contribution is -2.46. The molecule has 2 aromatic rings. The highest BCUT2D eigenvalue weighted by atomic mass is 16.5. The fraction of sp³-hybridized carbons (Fsp3) is 0.409. The number of hydrogen-bond donors (Lipinski definition) is 1. The lowest BCUT2D eigenvalue weighted by atomic mass is 10.0. The number of carbonyl (C=O) groups excluding carboxylic acids is 1. The lowest BCUT2D eigenvalue weighted by molar-refractivity contribution is -0.117. The predicted molar refractivity (Wildman–Crippen MR) is 109 cm³/mol. The highest BCUT2D eigenvalue weighted by molar-refractivity contribution is 5.92. The van der Waals surface area contributed by atoms with Crippen LogP contribution in [0.5, 0.6) is 17.2 Å². The average molecular weight is 384 g/mol. The molecule has 0 bridgehead atoms. The number of likely N-dealkylation sites (tertiary alicyclic amines) is 1. The monoisotopic (exact) mass is 384 g/mol. The molecule has 1 N–H and O–H groups in total. The van der Waals surface area contributed by atoms with Crippen molar-refractivity contribution in [1.82, 2.24) is 4.90 Å². The van der Waals surface area contributed by atoms with Crippen LogP contribution < -0.4 is 14.4 Å². The number of carbonyl (C=O) groups is 1. The number of nitrogens with zero attached hydrogens (tertiary/aromatic N) is 2. The van der Waals surface area contributed by atoms with E-state index in [1.807, 2.05) is 35.2 Å². The van der Waals surface area contributed by atoms with E-state index >= 15 is 0 Å². The molecular formula is C22H28N2O4. The van der Waals surface area contributed by atoms with Gasteiger partial charge in [-0.25, -0.2) is 0 Å². The first-order valence-electron chi connectivity index (χ1n) is 9.54. The van der Waals surface area contributed by atoms with Crippen LogP contribution in [0.2, 0.25) is 0 Å². The normalized spacial score (nSPS) is 15.2. The predicted octanol–water partition coefficient (Wildman–Crippen LogP) is 3.43. The minimum Gasteiger partial charge on any atom is -0.508 e. The first-order valence-corrected chi connectivity index (χ1v) is 9.54. The number of methoxy groups -OCH3 is 2. The van der Waals surface area contributed by atoms with E-state index in [2.05, 4.69) is 4.90 Å². The van der Waals surface area contributed by atoms with Gasteiger partial charge in [0.05, 0.1) is 14.2 Å². The van der Waals surface area contributed by atoms with Crippen molar-refractivity contribution in [2.24, 2.45) is 0 Å². The van der Waals surface area contributed by atoms with Crippen molar-refractivity contribution >= 4 is 11.6 Å². The Hall–Kier alpha value is -2.73. The van der Waals surface area contributed by atoms with Crippen molar-refractivity contribution in [3.05, 3.63) is 48.0 Å². The van der Waals surface area contributed by atoms with Crippen LogP contribution in [0, 0.1) is 0 Å². The standard InChI is InChI=1S/C22H28N2O4/c1-16(25)24(19-7-8-21(27-2)22(14-19)28-3)18-9-11-23(12-10-18)15-17-5-4-6-20(26)13-17/h4-8,13-14,18,26H,9-12,15H2,1-3H3. The van der Waals surface area contributed by atoms with Crippen LogP contribution in [-0.4, -0.2) is 49.3 Å². The molecule has 0 radical (unpaired) electrons. The van der Waals surface area contributed by atoms with Crippen LogP contribution in [0.25, 0.3) is 0 Å². The third-order valence-corrected chi connectivity index (χ3v) is 5.22. The summed E-state index contributed by atoms with van der Waals surface area (Å²) in [5, 5.41) is 9.64. The summed E-state index contributed by atoms with van der Waals surface area (Å²) in [6.45, 7) is 4.21. The Bertz CT molecular complexity index is 816. The maximum atomic E-state index is 12.4. The summed E-state index contributed by atoms with van der Waals surface area (Å²) in [7, 11) is 3.20. The van der Waals surface area contributed by atoms with E-state index in [0.717, 1.165) is 43.7 Å². The number of phenols is 1. The Morgan fingerprint density at radius 3 is 2.43 bits per heavy atom. The van der Waals surface area contributed by atoms with E-state index in [-0.39, 0.29) is 11.9 Å². The molecule has 1 amide bonds. The maximum absolute atomic E-state index is 12.4. The SMILES string of the molecule is COc1ccc(N(C(C)=O)C2CCN(Cc3cccc(O)c3)CC2)cc1OC. The second-order valence-corrected chi connectivity index (χ2v) is 7.11. The van der Waals surface area contributed by atoms with Crippen LogP contribution in [-0.2, 0) is 11.3 Å². The minimum atomic E-state index is 0.0265. The van der Waals surface area contributed by atoms with Gasteiger partial charge in [-0.15, -0.1) is 0 Å². The second kappa shape index (κ2) is 8.97. The van der Waals surface area contributed by atoms with Gasteiger partial charge in [0.2, 0.25) is 5.91 Å². The number of rotatable bonds is 6. The number of aromatic hydroxyl groups is 1. The number of ether oxygens (including phenoxy) is 2. The molecule has 0 aromatic heterocycles. The number of anilines is 1. The van der Waals surface area contributed by atoms with E-state index in [1.165, 1.54) is 0 Å². The fourth-order valence-corrected chi connectivity index (χ4v) is 3.87. The molecule has 1 aliphatic heterocycles. The van der Waals surface area contributed by atoms with Gasteiger partial charge in [0.15, 0.2) is 11.5 Å². The largest absolute Gasteiger partial charge is 0.508 e. The molecule has 2 aromatic carbocycles. The molecular weight excluding hydrogens is 356 g/mol. The average Bonchev–Trinajstić information content (AvgIpc) is 2.69. The first-order chi connectivity index (χ1) is 13.5. The Morgan fingerprint density at radius 1 is 1.11 bits per heavy atom. The van der Waals surface area contributed by atoms with E-state index in [4.69, 9.17) is 9.47 Å². The summed E-state index contributed by atoms with van der Waals surface area (Å²) in [6.07, 6.45) is 1.79. The zero-order valence-electron chi connectivity index (χ0n) is 16.7. The van der Waals surface area contributed by atoms with Crippen LogP contribution >= 0.6 is 0 Å². The Balaban J connectivity index is 1.69. The highest BCUT2D eigenvalue weighted by Crippen LogP contribution is 2.34. The van der Waals surface area contributed by atoms with Crippen LogP contribution in [0.4, 0.5) is 5.69 Å². The van der Waals surface area contributed by atoms with Crippen molar-refractivity contribution in [3.8, 4) is 17.2 Å². The number of phenolic OH excluding ortho intramolecular Hbond substituents is 1. The molecule has 0 spiro atoms. The summed E-state index contributed by atoms with van der Waals surface area (Å²) in [4.78, 5) is 16.6. The summed E-state index contributed by atoms with van der Waals surface area (Å²) in [5.74, 6) is 1.59. The van der Waals surface area contributed by atoms with Gasteiger partial charge in [-0.3, -0.25) is 9.69 Å². The van der Waals surface area contributed by atoms with Gasteiger partial charge in [-0.2, -0.15) is 0 Å². The zero-order chi connectivity index (χ0) is 20.1. The maximum Gasteiger partial charge on any atom is 0.224 e. The molecule has 0 atom stereocenters. The minimum absolute atomic E-state index is 0.0265. The topological polar surface area (TPSA) is 62.2 Å². The number of benzene rings is 2. The van der Waals surface area contributed by atoms with E-state index in [0.29, 0.717) is 17.2 Å². The molecule has 1 heterocycles. The van der Waals surface area contributed by atoms with Gasteiger partial charge in [-0.1, -0.05) is 12.1 Å². The molecule has 1 fully saturated rings. The van der Waals surface area contributed by atoms with Crippen molar-refractivity contribution in [3.63, 3.8) is 0 Å². The van der Waals surface area contributed by atoms with Crippen molar-refractivity contribution in [2.45, 2.75) is 32.4 Å². The summed E-state index contributed by atoms with van der Waals surface area (Å²) in [6, 6.07) is 13.1. The summed E-state index contributed by atoms with van der Waals surface area (Å²) >= 11 is 0. The third-order valence-electron chi connectivity index (χ3n) is 5.22. The van der Waals surface area contributed by atoms with E-state index in [1.54, 1.807) is 33.3 Å². The van der Waals surface area contributed by atoms with Crippen molar-refractivity contribution < 1.29 is 19.4 Å². The lowest BCUT2D eigenvalue weighted by Gasteiger charge is -2.38. The molecule has 6 nitrogen and oxygen atoms in total. The van der Waals surface area contributed by atoms with Gasteiger partial charge >= 0.3 is 0 Å². The molecule has 3 rings (SSSR count). The number of hydrogen-bond acceptors (Lipinski definition) is 5. The van der Waals surface area contributed by atoms with E-state index in [9.17, 15) is 9.90 Å². The first kappa shape index (κ1) is 20.0. The van der Waals surface area contributed by atoms with E-state index < -0.39 is 0 Å². The van der Waals surface area contributed by atoms with Crippen LogP contribution in [0.3, 0.4) is 0 Å². The highest BCUT2D eigenvalue weighted by Gasteiger charge is 2.28. The quantitative estimate of drug-likeness (QED) is 0.827. The molecule has 6 heteroatoms. The molecule has 28 heavy (non-hydrogen) atoms. The van der Waals surface area contributed by atoms with Gasteiger partial charge < -0.3 is 19.5 Å². The summed E-state index contributed by atoms with van der Waals surface area (Å²) in [5.41, 5.74) is 1.93. The van der Waals surface area contributed by atoms with Gasteiger partial charge in [0.1, 0.15) is 5.75 Å². The van der Waals surface area contributed by atoms with Gasteiger partial charge in [0.25, 0.3) is 0 Å². The zero-order valence-corrected chi connectivity index (χ0v) is 16.7. The van der Waals surface area contributed by atoms with Gasteiger partial charge in [0, 0.05) is 44.4 Å².